The van der Waals surface area contributed by atoms with Gasteiger partial charge >= 0.3 is 0 Å². The monoisotopic (exact) mass is 240 g/mol. The van der Waals surface area contributed by atoms with Crippen LogP contribution >= 0.6 is 0 Å². The van der Waals surface area contributed by atoms with Crippen LogP contribution in [0, 0.1) is 11.8 Å². The summed E-state index contributed by atoms with van der Waals surface area (Å²) < 4.78 is 5.26. The van der Waals surface area contributed by atoms with E-state index in [0.29, 0.717) is 6.04 Å². The van der Waals surface area contributed by atoms with Gasteiger partial charge in [-0.3, -0.25) is 4.90 Å². The van der Waals surface area contributed by atoms with Gasteiger partial charge in [-0.25, -0.2) is 0 Å². The molecule has 1 heterocycles. The van der Waals surface area contributed by atoms with Crippen LogP contribution in [0.2, 0.25) is 0 Å². The number of methoxy groups -OCH3 is 1. The molecule has 1 N–H and O–H groups in total. The molecule has 0 aromatic rings. The molecule has 1 aliphatic carbocycles. The second-order valence-electron chi connectivity index (χ2n) is 5.79. The Bertz CT molecular complexity index is 230. The molecule has 3 atom stereocenters. The van der Waals surface area contributed by atoms with Gasteiger partial charge in [-0.1, -0.05) is 20.3 Å². The van der Waals surface area contributed by atoms with Crippen LogP contribution in [0.3, 0.4) is 0 Å². The minimum atomic E-state index is 0.699. The van der Waals surface area contributed by atoms with Crippen molar-refractivity contribution in [1.82, 2.24) is 10.2 Å². The highest BCUT2D eigenvalue weighted by molar-refractivity contribution is 4.95. The van der Waals surface area contributed by atoms with Crippen molar-refractivity contribution < 1.29 is 4.74 Å². The molecule has 2 rings (SSSR count). The van der Waals surface area contributed by atoms with Gasteiger partial charge in [0.05, 0.1) is 6.61 Å². The maximum Gasteiger partial charge on any atom is 0.0589 e. The van der Waals surface area contributed by atoms with Crippen LogP contribution in [0.1, 0.15) is 33.1 Å². The molecule has 3 unspecified atom stereocenters. The number of nitrogens with zero attached hydrogens (tertiary/aromatic N) is 1. The first kappa shape index (κ1) is 13.3. The topological polar surface area (TPSA) is 24.5 Å². The molecular weight excluding hydrogens is 212 g/mol. The average Bonchev–Trinajstić information content (AvgIpc) is 3.19. The lowest BCUT2D eigenvalue weighted by Gasteiger charge is -2.43. The Morgan fingerprint density at radius 2 is 2.18 bits per heavy atom. The number of rotatable bonds is 6. The highest BCUT2D eigenvalue weighted by atomic mass is 16.5. The fraction of sp³-hybridized carbons (Fsp3) is 1.00. The first-order valence-corrected chi connectivity index (χ1v) is 7.22. The second-order valence-corrected chi connectivity index (χ2v) is 5.79. The summed E-state index contributed by atoms with van der Waals surface area (Å²) in [6.07, 6.45) is 4.14. The first-order chi connectivity index (χ1) is 8.26. The molecule has 0 aromatic heterocycles. The number of hydrogen-bond acceptors (Lipinski definition) is 3. The van der Waals surface area contributed by atoms with Gasteiger partial charge < -0.3 is 10.1 Å². The maximum atomic E-state index is 5.26. The van der Waals surface area contributed by atoms with Gasteiger partial charge in [0.15, 0.2) is 0 Å². The van der Waals surface area contributed by atoms with Crippen molar-refractivity contribution >= 4 is 0 Å². The van der Waals surface area contributed by atoms with Crippen molar-refractivity contribution in [3.8, 4) is 0 Å². The summed E-state index contributed by atoms with van der Waals surface area (Å²) in [5, 5.41) is 3.77. The second kappa shape index (κ2) is 6.17. The standard InChI is InChI=1S/C14H28N2O/c1-4-11(2)14-9-15-13(12-5-6-12)10-16(14)7-8-17-3/h11-15H,4-10H2,1-3H3. The van der Waals surface area contributed by atoms with Gasteiger partial charge in [-0.15, -0.1) is 0 Å². The molecule has 0 spiro atoms. The SMILES string of the molecule is CCC(C)C1CNC(C2CC2)CN1CCOC. The van der Waals surface area contributed by atoms with E-state index in [0.717, 1.165) is 31.0 Å². The molecule has 3 nitrogen and oxygen atoms in total. The molecule has 100 valence electrons. The van der Waals surface area contributed by atoms with E-state index < -0.39 is 0 Å². The summed E-state index contributed by atoms with van der Waals surface area (Å²) in [7, 11) is 1.80. The van der Waals surface area contributed by atoms with Crippen LogP contribution in [0.15, 0.2) is 0 Å². The largest absolute Gasteiger partial charge is 0.383 e. The number of ether oxygens (including phenoxy) is 1. The van der Waals surface area contributed by atoms with Crippen LogP contribution in [-0.4, -0.2) is 50.3 Å². The predicted molar refractivity (Wildman–Crippen MR) is 71.2 cm³/mol. The van der Waals surface area contributed by atoms with Crippen molar-refractivity contribution in [3.63, 3.8) is 0 Å². The van der Waals surface area contributed by atoms with E-state index in [9.17, 15) is 0 Å². The van der Waals surface area contributed by atoms with Crippen LogP contribution in [0.4, 0.5) is 0 Å². The summed E-state index contributed by atoms with van der Waals surface area (Å²) in [5.41, 5.74) is 0. The fourth-order valence-corrected chi connectivity index (χ4v) is 2.97. The van der Waals surface area contributed by atoms with E-state index in [2.05, 4.69) is 24.1 Å². The zero-order chi connectivity index (χ0) is 12.3. The minimum absolute atomic E-state index is 0.699. The Labute approximate surface area is 106 Å². The fourth-order valence-electron chi connectivity index (χ4n) is 2.97. The molecule has 17 heavy (non-hydrogen) atoms. The molecule has 0 radical (unpaired) electrons. The third-order valence-electron chi connectivity index (χ3n) is 4.56. The van der Waals surface area contributed by atoms with E-state index in [1.807, 2.05) is 0 Å². The van der Waals surface area contributed by atoms with Gasteiger partial charge in [-0.05, 0) is 24.7 Å². The summed E-state index contributed by atoms with van der Waals surface area (Å²) in [5.74, 6) is 1.73. The van der Waals surface area contributed by atoms with Gasteiger partial charge in [0, 0.05) is 38.8 Å². The van der Waals surface area contributed by atoms with Crippen molar-refractivity contribution in [3.05, 3.63) is 0 Å². The average molecular weight is 240 g/mol. The molecule has 2 aliphatic rings. The normalized spacial score (nSPS) is 32.6. The van der Waals surface area contributed by atoms with E-state index in [1.165, 1.54) is 32.4 Å². The lowest BCUT2D eigenvalue weighted by molar-refractivity contribution is 0.0573. The Morgan fingerprint density at radius 3 is 2.76 bits per heavy atom. The minimum Gasteiger partial charge on any atom is -0.383 e. The smallest absolute Gasteiger partial charge is 0.0589 e. The maximum absolute atomic E-state index is 5.26. The van der Waals surface area contributed by atoms with Crippen molar-refractivity contribution in [2.75, 3.05) is 33.4 Å². The molecule has 2 fully saturated rings. The lowest BCUT2D eigenvalue weighted by atomic mass is 9.93. The van der Waals surface area contributed by atoms with Gasteiger partial charge in [0.1, 0.15) is 0 Å². The molecular formula is C14H28N2O. The Balaban J connectivity index is 1.90. The zero-order valence-electron chi connectivity index (χ0n) is 11.6. The molecule has 1 aliphatic heterocycles. The third-order valence-corrected chi connectivity index (χ3v) is 4.56. The van der Waals surface area contributed by atoms with E-state index in [1.54, 1.807) is 7.11 Å². The van der Waals surface area contributed by atoms with Crippen LogP contribution < -0.4 is 5.32 Å². The Morgan fingerprint density at radius 1 is 1.41 bits per heavy atom. The number of hydrogen-bond donors (Lipinski definition) is 1. The summed E-state index contributed by atoms with van der Waals surface area (Å²) in [6.45, 7) is 9.03. The lowest BCUT2D eigenvalue weighted by Crippen LogP contribution is -2.59. The summed E-state index contributed by atoms with van der Waals surface area (Å²) in [4.78, 5) is 2.66. The Hall–Kier alpha value is -0.120. The van der Waals surface area contributed by atoms with E-state index >= 15 is 0 Å². The predicted octanol–water partition coefficient (Wildman–Crippen LogP) is 1.73. The first-order valence-electron chi connectivity index (χ1n) is 7.22. The van der Waals surface area contributed by atoms with Gasteiger partial charge in [-0.2, -0.15) is 0 Å². The Kier molecular flexibility index (Phi) is 4.83. The van der Waals surface area contributed by atoms with Crippen molar-refractivity contribution in [2.24, 2.45) is 11.8 Å². The molecule has 0 bridgehead atoms. The van der Waals surface area contributed by atoms with Crippen LogP contribution in [0.25, 0.3) is 0 Å². The van der Waals surface area contributed by atoms with Gasteiger partial charge in [0.2, 0.25) is 0 Å². The van der Waals surface area contributed by atoms with E-state index in [4.69, 9.17) is 4.74 Å². The number of piperazine rings is 1. The molecule has 0 aromatic carbocycles. The summed E-state index contributed by atoms with van der Waals surface area (Å²) in [6, 6.07) is 1.44. The van der Waals surface area contributed by atoms with E-state index in [-0.39, 0.29) is 0 Å². The number of nitrogens with one attached hydrogen (secondary N) is 1. The van der Waals surface area contributed by atoms with Crippen LogP contribution in [0.5, 0.6) is 0 Å². The van der Waals surface area contributed by atoms with Crippen LogP contribution in [-0.2, 0) is 4.74 Å². The third kappa shape index (κ3) is 3.43. The quantitative estimate of drug-likeness (QED) is 0.765. The van der Waals surface area contributed by atoms with Crippen molar-refractivity contribution in [2.45, 2.75) is 45.2 Å². The molecule has 0 amide bonds. The molecule has 1 saturated carbocycles. The van der Waals surface area contributed by atoms with Gasteiger partial charge in [0.25, 0.3) is 0 Å². The highest BCUT2D eigenvalue weighted by Gasteiger charge is 2.38. The molecule has 3 heteroatoms. The highest BCUT2D eigenvalue weighted by Crippen LogP contribution is 2.34. The zero-order valence-corrected chi connectivity index (χ0v) is 11.6. The van der Waals surface area contributed by atoms with Crippen molar-refractivity contribution in [1.29, 1.82) is 0 Å². The molecule has 1 saturated heterocycles. The summed E-state index contributed by atoms with van der Waals surface area (Å²) >= 11 is 0.